The SMILES string of the molecule is CCCCCC(=O)CCOCCN(CCOCCC(=O)CCCCC)CPP. The first-order chi connectivity index (χ1) is 13.6. The maximum atomic E-state index is 11.7. The van der Waals surface area contributed by atoms with E-state index >= 15 is 0 Å². The molecule has 0 aromatic rings. The molecule has 0 saturated carbocycles. The molecular weight excluding hydrogens is 392 g/mol. The molecule has 0 aromatic heterocycles. The third-order valence-corrected chi connectivity index (χ3v) is 5.76. The molecule has 2 unspecified atom stereocenters. The van der Waals surface area contributed by atoms with Gasteiger partial charge in [0.1, 0.15) is 11.6 Å². The van der Waals surface area contributed by atoms with Crippen LogP contribution in [0.3, 0.4) is 0 Å². The molecule has 0 fully saturated rings. The van der Waals surface area contributed by atoms with E-state index in [0.29, 0.717) is 63.7 Å². The fraction of sp³-hybridized carbons (Fsp3) is 0.905. The standard InChI is InChI=1S/C21H43NO4P2/c1-3-5-7-9-20(23)11-15-25-17-13-22(19-28-27)14-18-26-16-12-21(24)10-8-6-4-2/h28H,3-19,27H2,1-2H3. The van der Waals surface area contributed by atoms with Crippen molar-refractivity contribution in [3.63, 3.8) is 0 Å². The van der Waals surface area contributed by atoms with Gasteiger partial charge in [-0.15, -0.1) is 8.93 Å². The molecule has 0 bridgehead atoms. The Morgan fingerprint density at radius 2 is 1.21 bits per heavy atom. The van der Waals surface area contributed by atoms with Crippen LogP contribution in [0.2, 0.25) is 0 Å². The first-order valence-electron chi connectivity index (χ1n) is 11.0. The highest BCUT2D eigenvalue weighted by Gasteiger charge is 2.06. The fourth-order valence-corrected chi connectivity index (χ4v) is 4.11. The highest BCUT2D eigenvalue weighted by molar-refractivity contribution is 8.02. The van der Waals surface area contributed by atoms with Crippen molar-refractivity contribution in [2.45, 2.75) is 78.1 Å². The Morgan fingerprint density at radius 1 is 0.750 bits per heavy atom. The zero-order chi connectivity index (χ0) is 20.9. The molecule has 28 heavy (non-hydrogen) atoms. The van der Waals surface area contributed by atoms with Gasteiger partial charge in [-0.25, -0.2) is 0 Å². The van der Waals surface area contributed by atoms with Crippen LogP contribution < -0.4 is 0 Å². The average Bonchev–Trinajstić information content (AvgIpc) is 2.67. The first kappa shape index (κ1) is 28.1. The van der Waals surface area contributed by atoms with Gasteiger partial charge in [-0.2, -0.15) is 0 Å². The zero-order valence-electron chi connectivity index (χ0n) is 18.2. The molecule has 0 aliphatic heterocycles. The Kier molecular flexibility index (Phi) is 21.8. The Morgan fingerprint density at radius 3 is 1.61 bits per heavy atom. The summed E-state index contributed by atoms with van der Waals surface area (Å²) in [6.45, 7) is 8.34. The van der Waals surface area contributed by atoms with Gasteiger partial charge in [0.15, 0.2) is 0 Å². The van der Waals surface area contributed by atoms with E-state index < -0.39 is 0 Å². The van der Waals surface area contributed by atoms with E-state index in [2.05, 4.69) is 27.7 Å². The van der Waals surface area contributed by atoms with Crippen molar-refractivity contribution in [2.75, 3.05) is 45.8 Å². The molecule has 0 aliphatic carbocycles. The summed E-state index contributed by atoms with van der Waals surface area (Å²) in [5.74, 6) is 0.628. The van der Waals surface area contributed by atoms with Gasteiger partial charge in [-0.1, -0.05) is 47.8 Å². The number of ketones is 2. The lowest BCUT2D eigenvalue weighted by Gasteiger charge is -2.21. The number of hydrogen-bond acceptors (Lipinski definition) is 5. The fourth-order valence-electron chi connectivity index (χ4n) is 2.76. The van der Waals surface area contributed by atoms with Gasteiger partial charge in [0.2, 0.25) is 0 Å². The Hall–Kier alpha value is 0.0800. The number of unbranched alkanes of at least 4 members (excludes halogenated alkanes) is 4. The molecule has 0 saturated heterocycles. The van der Waals surface area contributed by atoms with Crippen LogP contribution in [0, 0.1) is 0 Å². The second-order valence-corrected chi connectivity index (χ2v) is 9.15. The molecule has 5 nitrogen and oxygen atoms in total. The predicted octanol–water partition coefficient (Wildman–Crippen LogP) is 4.83. The van der Waals surface area contributed by atoms with Crippen molar-refractivity contribution in [1.82, 2.24) is 4.90 Å². The van der Waals surface area contributed by atoms with E-state index in [0.717, 1.165) is 66.2 Å². The van der Waals surface area contributed by atoms with Gasteiger partial charge < -0.3 is 9.47 Å². The second-order valence-electron chi connectivity index (χ2n) is 7.20. The third kappa shape index (κ3) is 19.4. The smallest absolute Gasteiger partial charge is 0.135 e. The molecule has 0 rings (SSSR count). The summed E-state index contributed by atoms with van der Waals surface area (Å²) in [6, 6.07) is 0. The quantitative estimate of drug-likeness (QED) is 0.180. The van der Waals surface area contributed by atoms with Crippen molar-refractivity contribution in [3.8, 4) is 0 Å². The average molecular weight is 436 g/mol. The Bertz CT molecular complexity index is 351. The monoisotopic (exact) mass is 435 g/mol. The van der Waals surface area contributed by atoms with E-state index in [-0.39, 0.29) is 0 Å². The summed E-state index contributed by atoms with van der Waals surface area (Å²) >= 11 is 0. The lowest BCUT2D eigenvalue weighted by atomic mass is 10.1. The van der Waals surface area contributed by atoms with Gasteiger partial charge in [0.05, 0.1) is 26.4 Å². The number of ether oxygens (including phenoxy) is 2. The molecule has 166 valence electrons. The lowest BCUT2D eigenvalue weighted by Crippen LogP contribution is -2.30. The van der Waals surface area contributed by atoms with Crippen LogP contribution in [0.5, 0.6) is 0 Å². The maximum absolute atomic E-state index is 11.7. The van der Waals surface area contributed by atoms with E-state index in [1.807, 2.05) is 0 Å². The number of nitrogens with zero attached hydrogens (tertiary/aromatic N) is 1. The van der Waals surface area contributed by atoms with Crippen LogP contribution in [0.4, 0.5) is 0 Å². The molecule has 0 aliphatic rings. The van der Waals surface area contributed by atoms with Crippen molar-refractivity contribution in [3.05, 3.63) is 0 Å². The number of rotatable bonds is 22. The summed E-state index contributed by atoms with van der Waals surface area (Å²) in [5.41, 5.74) is 0. The van der Waals surface area contributed by atoms with Crippen LogP contribution >= 0.6 is 17.2 Å². The minimum absolute atomic E-state index is 0.314. The maximum Gasteiger partial charge on any atom is 0.135 e. The summed E-state index contributed by atoms with van der Waals surface area (Å²) in [6.07, 6.45) is 10.0. The minimum atomic E-state index is 0.314. The molecule has 0 amide bonds. The van der Waals surface area contributed by atoms with Crippen LogP contribution in [0.15, 0.2) is 0 Å². The topological polar surface area (TPSA) is 55.8 Å². The summed E-state index contributed by atoms with van der Waals surface area (Å²) < 4.78 is 11.3. The molecule has 0 aromatic carbocycles. The van der Waals surface area contributed by atoms with E-state index in [1.165, 1.54) is 0 Å². The molecule has 0 heterocycles. The second kappa shape index (κ2) is 21.8. The van der Waals surface area contributed by atoms with Gasteiger partial charge in [0, 0.05) is 45.1 Å². The number of hydrogen-bond donors (Lipinski definition) is 0. The number of carbonyl (C=O) groups excluding carboxylic acids is 2. The van der Waals surface area contributed by atoms with Gasteiger partial charge >= 0.3 is 0 Å². The van der Waals surface area contributed by atoms with Crippen LogP contribution in [-0.2, 0) is 19.1 Å². The summed E-state index contributed by atoms with van der Waals surface area (Å²) in [5, 5.41) is 0. The number of carbonyl (C=O) groups is 2. The molecular formula is C21H43NO4P2. The van der Waals surface area contributed by atoms with E-state index in [9.17, 15) is 9.59 Å². The van der Waals surface area contributed by atoms with E-state index in [1.54, 1.807) is 0 Å². The Labute approximate surface area is 176 Å². The van der Waals surface area contributed by atoms with Gasteiger partial charge in [-0.05, 0) is 12.8 Å². The van der Waals surface area contributed by atoms with Crippen LogP contribution in [0.25, 0.3) is 0 Å². The predicted molar refractivity (Wildman–Crippen MR) is 124 cm³/mol. The van der Waals surface area contributed by atoms with Crippen molar-refractivity contribution in [2.24, 2.45) is 0 Å². The Balaban J connectivity index is 3.67. The number of Topliss-reactive ketones (excluding diaryl/α,β-unsaturated/α-hetero) is 2. The van der Waals surface area contributed by atoms with Crippen molar-refractivity contribution in [1.29, 1.82) is 0 Å². The van der Waals surface area contributed by atoms with Crippen molar-refractivity contribution < 1.29 is 19.1 Å². The molecule has 0 radical (unpaired) electrons. The summed E-state index contributed by atoms with van der Waals surface area (Å²) in [4.78, 5) is 25.7. The van der Waals surface area contributed by atoms with Crippen LogP contribution in [-0.4, -0.2) is 62.3 Å². The highest BCUT2D eigenvalue weighted by atomic mass is 32.0. The molecule has 7 heteroatoms. The van der Waals surface area contributed by atoms with Crippen LogP contribution in [0.1, 0.15) is 78.1 Å². The van der Waals surface area contributed by atoms with Gasteiger partial charge in [0.25, 0.3) is 0 Å². The largest absolute Gasteiger partial charge is 0.380 e. The van der Waals surface area contributed by atoms with Gasteiger partial charge in [-0.3, -0.25) is 14.5 Å². The lowest BCUT2D eigenvalue weighted by molar-refractivity contribution is -0.121. The molecule has 0 N–H and O–H groups in total. The normalized spacial score (nSPS) is 11.7. The zero-order valence-corrected chi connectivity index (χ0v) is 20.3. The highest BCUT2D eigenvalue weighted by Crippen LogP contribution is 2.20. The first-order valence-corrected chi connectivity index (χ1v) is 14.0. The van der Waals surface area contributed by atoms with Crippen molar-refractivity contribution >= 4 is 28.8 Å². The molecule has 2 atom stereocenters. The third-order valence-electron chi connectivity index (χ3n) is 4.59. The van der Waals surface area contributed by atoms with E-state index in [4.69, 9.17) is 9.47 Å². The molecule has 0 spiro atoms. The minimum Gasteiger partial charge on any atom is -0.380 e. The summed E-state index contributed by atoms with van der Waals surface area (Å²) in [7, 11) is 3.55.